The third-order valence-electron chi connectivity index (χ3n) is 5.46. The maximum Gasteiger partial charge on any atom is 0.326 e. The summed E-state index contributed by atoms with van der Waals surface area (Å²) in [5, 5.41) is 0.689. The van der Waals surface area contributed by atoms with E-state index in [1.54, 1.807) is 4.90 Å². The van der Waals surface area contributed by atoms with Crippen LogP contribution >= 0.6 is 11.6 Å². The Morgan fingerprint density at radius 2 is 1.72 bits per heavy atom. The number of halogens is 1. The fourth-order valence-corrected chi connectivity index (χ4v) is 4.47. The van der Waals surface area contributed by atoms with E-state index in [4.69, 9.17) is 11.6 Å². The van der Waals surface area contributed by atoms with Gasteiger partial charge in [0.05, 0.1) is 5.69 Å². The topological polar surface area (TPSA) is 26.8 Å². The van der Waals surface area contributed by atoms with Gasteiger partial charge in [-0.05, 0) is 43.7 Å². The molecule has 4 rings (SSSR count). The van der Waals surface area contributed by atoms with Crippen LogP contribution in [0.3, 0.4) is 0 Å². The van der Waals surface area contributed by atoms with E-state index in [2.05, 4.69) is 24.1 Å². The second-order valence-electron chi connectivity index (χ2n) is 6.82. The van der Waals surface area contributed by atoms with Crippen LogP contribution in [-0.2, 0) is 5.66 Å². The number of carbonyl (C=O) groups is 1. The molecule has 0 aliphatic carbocycles. The molecule has 0 saturated carbocycles. The van der Waals surface area contributed by atoms with Gasteiger partial charge in [0.15, 0.2) is 5.66 Å². The molecule has 0 bridgehead atoms. The zero-order valence-corrected chi connectivity index (χ0v) is 15.3. The molecule has 2 amide bonds. The third-order valence-corrected chi connectivity index (χ3v) is 5.69. The third kappa shape index (κ3) is 2.28. The number of nitrogens with zero attached hydrogens (tertiary/aromatic N) is 3. The average Bonchev–Trinajstić information content (AvgIpc) is 2.80. The molecule has 130 valence electrons. The first-order chi connectivity index (χ1) is 12.1. The van der Waals surface area contributed by atoms with E-state index < -0.39 is 5.66 Å². The van der Waals surface area contributed by atoms with Crippen LogP contribution in [-0.4, -0.2) is 43.0 Å². The van der Waals surface area contributed by atoms with Gasteiger partial charge in [-0.25, -0.2) is 4.79 Å². The summed E-state index contributed by atoms with van der Waals surface area (Å²) in [6.45, 7) is 1.66. The predicted octanol–water partition coefficient (Wildman–Crippen LogP) is 4.14. The smallest absolute Gasteiger partial charge is 0.297 e. The van der Waals surface area contributed by atoms with Crippen LogP contribution in [0.4, 0.5) is 10.5 Å². The van der Waals surface area contributed by atoms with Gasteiger partial charge >= 0.3 is 6.03 Å². The molecular formula is C20H22ClN3O. The summed E-state index contributed by atoms with van der Waals surface area (Å²) in [6, 6.07) is 16.2. The first-order valence-corrected chi connectivity index (χ1v) is 9.06. The van der Waals surface area contributed by atoms with Gasteiger partial charge < -0.3 is 0 Å². The number of hydrogen-bond acceptors (Lipinski definition) is 2. The highest BCUT2D eigenvalue weighted by atomic mass is 35.5. The normalized spacial score (nSPS) is 23.9. The predicted molar refractivity (Wildman–Crippen MR) is 101 cm³/mol. The second kappa shape index (κ2) is 6.04. The highest BCUT2D eigenvalue weighted by Crippen LogP contribution is 2.48. The molecule has 0 aromatic heterocycles. The highest BCUT2D eigenvalue weighted by molar-refractivity contribution is 6.30. The summed E-state index contributed by atoms with van der Waals surface area (Å²) >= 11 is 6.39. The van der Waals surface area contributed by atoms with Crippen molar-refractivity contribution in [3.05, 3.63) is 64.7 Å². The lowest BCUT2D eigenvalue weighted by molar-refractivity contribution is 0.0249. The van der Waals surface area contributed by atoms with Crippen molar-refractivity contribution in [3.63, 3.8) is 0 Å². The van der Waals surface area contributed by atoms with E-state index in [0.29, 0.717) is 5.02 Å². The molecule has 0 spiro atoms. The molecule has 4 nitrogen and oxygen atoms in total. The summed E-state index contributed by atoms with van der Waals surface area (Å²) in [6.07, 6.45) is 2.06. The van der Waals surface area contributed by atoms with Gasteiger partial charge in [-0.1, -0.05) is 41.9 Å². The number of rotatable bonds is 1. The van der Waals surface area contributed by atoms with Crippen molar-refractivity contribution in [2.75, 3.05) is 32.1 Å². The molecule has 1 atom stereocenters. The lowest BCUT2D eigenvalue weighted by Gasteiger charge is -2.53. The van der Waals surface area contributed by atoms with Crippen molar-refractivity contribution in [1.82, 2.24) is 9.80 Å². The van der Waals surface area contributed by atoms with Crippen LogP contribution in [0, 0.1) is 0 Å². The molecule has 2 aromatic carbocycles. The van der Waals surface area contributed by atoms with Crippen molar-refractivity contribution in [2.45, 2.75) is 18.5 Å². The lowest BCUT2D eigenvalue weighted by atomic mass is 9.85. The monoisotopic (exact) mass is 355 g/mol. The Labute approximate surface area is 153 Å². The van der Waals surface area contributed by atoms with Crippen LogP contribution < -0.4 is 4.90 Å². The van der Waals surface area contributed by atoms with Crippen LogP contribution in [0.1, 0.15) is 24.0 Å². The van der Waals surface area contributed by atoms with E-state index in [1.165, 1.54) is 0 Å². The van der Waals surface area contributed by atoms with Crippen molar-refractivity contribution in [3.8, 4) is 0 Å². The van der Waals surface area contributed by atoms with Gasteiger partial charge in [0, 0.05) is 30.7 Å². The van der Waals surface area contributed by atoms with Crippen LogP contribution in [0.15, 0.2) is 48.5 Å². The Morgan fingerprint density at radius 1 is 1.00 bits per heavy atom. The van der Waals surface area contributed by atoms with Gasteiger partial charge in [-0.15, -0.1) is 0 Å². The minimum absolute atomic E-state index is 0.0347. The van der Waals surface area contributed by atoms with E-state index in [-0.39, 0.29) is 6.03 Å². The van der Waals surface area contributed by atoms with Gasteiger partial charge in [-0.3, -0.25) is 14.7 Å². The summed E-state index contributed by atoms with van der Waals surface area (Å²) in [4.78, 5) is 19.3. The van der Waals surface area contributed by atoms with Crippen molar-refractivity contribution in [2.24, 2.45) is 0 Å². The number of urea groups is 1. The second-order valence-corrected chi connectivity index (χ2v) is 7.26. The van der Waals surface area contributed by atoms with Gasteiger partial charge in [0.2, 0.25) is 0 Å². The Hall–Kier alpha value is -2.04. The molecule has 5 heteroatoms. The molecule has 2 aromatic rings. The van der Waals surface area contributed by atoms with E-state index in [9.17, 15) is 4.79 Å². The zero-order chi connectivity index (χ0) is 17.6. The zero-order valence-electron chi connectivity index (χ0n) is 14.6. The van der Waals surface area contributed by atoms with Crippen molar-refractivity contribution in [1.29, 1.82) is 0 Å². The Morgan fingerprint density at radius 3 is 2.48 bits per heavy atom. The number of fused-ring (bicyclic) bond motifs is 3. The van der Waals surface area contributed by atoms with Crippen molar-refractivity contribution >= 4 is 23.3 Å². The summed E-state index contributed by atoms with van der Waals surface area (Å²) in [5.74, 6) is 0. The molecule has 1 unspecified atom stereocenters. The SMILES string of the molecule is CN1C(=O)N2CCCCN(C)C2(c2ccccc2)c2cc(Cl)ccc21. The Kier molecular flexibility index (Phi) is 3.97. The van der Waals surface area contributed by atoms with Gasteiger partial charge in [0.1, 0.15) is 0 Å². The number of hydrogen-bond donors (Lipinski definition) is 0. The van der Waals surface area contributed by atoms with Crippen molar-refractivity contribution < 1.29 is 4.79 Å². The number of carbonyl (C=O) groups excluding carboxylic acids is 1. The molecule has 25 heavy (non-hydrogen) atoms. The first kappa shape index (κ1) is 16.4. The molecule has 0 N–H and O–H groups in total. The fourth-order valence-electron chi connectivity index (χ4n) is 4.30. The molecule has 1 saturated heterocycles. The van der Waals surface area contributed by atoms with Crippen LogP contribution in [0.5, 0.6) is 0 Å². The molecule has 1 fully saturated rings. The molecule has 2 aliphatic heterocycles. The maximum atomic E-state index is 13.3. The fraction of sp³-hybridized carbons (Fsp3) is 0.350. The quantitative estimate of drug-likeness (QED) is 0.768. The highest BCUT2D eigenvalue weighted by Gasteiger charge is 2.52. The number of amides is 2. The largest absolute Gasteiger partial charge is 0.326 e. The summed E-state index contributed by atoms with van der Waals surface area (Å²) in [5.41, 5.74) is 2.46. The summed E-state index contributed by atoms with van der Waals surface area (Å²) < 4.78 is 0. The van der Waals surface area contributed by atoms with Gasteiger partial charge in [-0.2, -0.15) is 0 Å². The first-order valence-electron chi connectivity index (χ1n) is 8.69. The minimum atomic E-state index is -0.623. The average molecular weight is 356 g/mol. The molecular weight excluding hydrogens is 334 g/mol. The Bertz CT molecular complexity index is 810. The van der Waals surface area contributed by atoms with Crippen LogP contribution in [0.2, 0.25) is 5.02 Å². The molecule has 2 aliphatic rings. The Balaban J connectivity index is 2.09. The maximum absolute atomic E-state index is 13.3. The van der Waals surface area contributed by atoms with E-state index >= 15 is 0 Å². The summed E-state index contributed by atoms with van der Waals surface area (Å²) in [7, 11) is 3.95. The van der Waals surface area contributed by atoms with E-state index in [1.807, 2.05) is 48.3 Å². The van der Waals surface area contributed by atoms with Crippen LogP contribution in [0.25, 0.3) is 0 Å². The van der Waals surface area contributed by atoms with E-state index in [0.717, 1.165) is 42.7 Å². The standard InChI is InChI=1S/C20H22ClN3O/c1-22-12-6-7-13-24-19(25)23(2)18-11-10-16(21)14-17(18)20(22,24)15-8-4-3-5-9-15/h3-5,8-11,14H,6-7,12-13H2,1-2H3. The minimum Gasteiger partial charge on any atom is -0.297 e. The molecule has 2 heterocycles. The lowest BCUT2D eigenvalue weighted by Crippen LogP contribution is -2.64. The number of benzene rings is 2. The molecule has 0 radical (unpaired) electrons. The number of anilines is 1. The van der Waals surface area contributed by atoms with Gasteiger partial charge in [0.25, 0.3) is 0 Å².